The van der Waals surface area contributed by atoms with Gasteiger partial charge < -0.3 is 0 Å². The van der Waals surface area contributed by atoms with Crippen molar-refractivity contribution in [2.24, 2.45) is 0 Å². The number of nitro benzene ring substituents is 1. The molecule has 0 unspecified atom stereocenters. The zero-order valence-corrected chi connectivity index (χ0v) is 13.3. The second kappa shape index (κ2) is 6.85. The lowest BCUT2D eigenvalue weighted by molar-refractivity contribution is -0.387. The van der Waals surface area contributed by atoms with E-state index in [0.29, 0.717) is 5.56 Å². The molecule has 23 heavy (non-hydrogen) atoms. The van der Waals surface area contributed by atoms with Crippen molar-refractivity contribution in [3.05, 3.63) is 33.9 Å². The number of sulfonamides is 1. The quantitative estimate of drug-likeness (QED) is 0.594. The Morgan fingerprint density at radius 3 is 2.39 bits per heavy atom. The minimum Gasteiger partial charge on any atom is -0.295 e. The van der Waals surface area contributed by atoms with Gasteiger partial charge in [0.25, 0.3) is 12.1 Å². The molecule has 0 aromatic heterocycles. The van der Waals surface area contributed by atoms with Crippen LogP contribution in [0.3, 0.4) is 0 Å². The zero-order chi connectivity index (χ0) is 17.2. The maximum Gasteiger partial charge on any atom is 0.289 e. The summed E-state index contributed by atoms with van der Waals surface area (Å²) in [5.74, 6) is 0. The largest absolute Gasteiger partial charge is 0.295 e. The number of nitro groups is 1. The van der Waals surface area contributed by atoms with Gasteiger partial charge in [-0.2, -0.15) is 4.31 Å². The number of piperazine rings is 1. The highest BCUT2D eigenvalue weighted by Crippen LogP contribution is 2.28. The standard InChI is InChI=1S/C13H17F2N3O4S/c1-10-2-3-12(11(8-10)18(19)20)23(21,22)17-6-4-16(5-7-17)9-13(14)15/h2-3,8,13H,4-7,9H2,1H3. The number of aryl methyl sites for hydroxylation is 1. The maximum atomic E-state index is 12.6. The van der Waals surface area contributed by atoms with E-state index in [1.165, 1.54) is 23.1 Å². The molecule has 0 bridgehead atoms. The number of rotatable bonds is 5. The molecule has 1 aliphatic rings. The molecule has 0 aliphatic carbocycles. The Bertz CT molecular complexity index is 688. The van der Waals surface area contributed by atoms with Gasteiger partial charge in [0, 0.05) is 32.2 Å². The zero-order valence-electron chi connectivity index (χ0n) is 12.5. The maximum absolute atomic E-state index is 12.6. The molecule has 0 radical (unpaired) electrons. The van der Waals surface area contributed by atoms with Gasteiger partial charge in [-0.15, -0.1) is 0 Å². The molecule has 1 saturated heterocycles. The molecule has 10 heteroatoms. The predicted octanol–water partition coefficient (Wildman–Crippen LogP) is 1.47. The van der Waals surface area contributed by atoms with Crippen LogP contribution in [0.25, 0.3) is 0 Å². The third-order valence-electron chi connectivity index (χ3n) is 3.66. The topological polar surface area (TPSA) is 83.8 Å². The first-order chi connectivity index (χ1) is 10.7. The van der Waals surface area contributed by atoms with Crippen molar-refractivity contribution in [3.8, 4) is 0 Å². The summed E-state index contributed by atoms with van der Waals surface area (Å²) in [5.41, 5.74) is 0.109. The fourth-order valence-corrected chi connectivity index (χ4v) is 4.03. The summed E-state index contributed by atoms with van der Waals surface area (Å²) in [6, 6.07) is 3.92. The van der Waals surface area contributed by atoms with E-state index in [-0.39, 0.29) is 31.1 Å². The fraction of sp³-hybridized carbons (Fsp3) is 0.538. The van der Waals surface area contributed by atoms with Crippen LogP contribution in [0.2, 0.25) is 0 Å². The van der Waals surface area contributed by atoms with Gasteiger partial charge in [-0.05, 0) is 18.6 Å². The lowest BCUT2D eigenvalue weighted by Gasteiger charge is -2.33. The van der Waals surface area contributed by atoms with Crippen molar-refractivity contribution in [1.29, 1.82) is 0 Å². The number of halogens is 2. The van der Waals surface area contributed by atoms with Crippen molar-refractivity contribution in [3.63, 3.8) is 0 Å². The summed E-state index contributed by atoms with van der Waals surface area (Å²) in [7, 11) is -4.03. The molecule has 0 spiro atoms. The molecule has 1 heterocycles. The average molecular weight is 349 g/mol. The van der Waals surface area contributed by atoms with Gasteiger partial charge >= 0.3 is 0 Å². The first kappa shape index (κ1) is 17.7. The van der Waals surface area contributed by atoms with Crippen LogP contribution in [0.4, 0.5) is 14.5 Å². The molecule has 0 atom stereocenters. The predicted molar refractivity (Wildman–Crippen MR) is 79.0 cm³/mol. The summed E-state index contributed by atoms with van der Waals surface area (Å²) in [6.07, 6.45) is -2.48. The molecular weight excluding hydrogens is 332 g/mol. The van der Waals surface area contributed by atoms with E-state index in [9.17, 15) is 27.3 Å². The Kier molecular flexibility index (Phi) is 5.27. The van der Waals surface area contributed by atoms with Crippen LogP contribution in [0.1, 0.15) is 5.56 Å². The highest BCUT2D eigenvalue weighted by Gasteiger charge is 2.34. The lowest BCUT2D eigenvalue weighted by atomic mass is 10.2. The van der Waals surface area contributed by atoms with E-state index in [4.69, 9.17) is 0 Å². The molecule has 1 aromatic rings. The van der Waals surface area contributed by atoms with E-state index in [1.54, 1.807) is 6.92 Å². The van der Waals surface area contributed by atoms with Crippen molar-refractivity contribution in [1.82, 2.24) is 9.21 Å². The lowest BCUT2D eigenvalue weighted by Crippen LogP contribution is -2.49. The van der Waals surface area contributed by atoms with Crippen LogP contribution in [0.5, 0.6) is 0 Å². The van der Waals surface area contributed by atoms with Gasteiger partial charge in [-0.25, -0.2) is 17.2 Å². The van der Waals surface area contributed by atoms with Gasteiger partial charge in [-0.3, -0.25) is 15.0 Å². The van der Waals surface area contributed by atoms with E-state index in [1.807, 2.05) is 0 Å². The summed E-state index contributed by atoms with van der Waals surface area (Å²) < 4.78 is 51.0. The normalized spacial score (nSPS) is 17.6. The third-order valence-corrected chi connectivity index (χ3v) is 5.60. The Morgan fingerprint density at radius 1 is 1.26 bits per heavy atom. The van der Waals surface area contributed by atoms with E-state index in [2.05, 4.69) is 0 Å². The van der Waals surface area contributed by atoms with Crippen LogP contribution >= 0.6 is 0 Å². The van der Waals surface area contributed by atoms with Crippen LogP contribution in [-0.2, 0) is 10.0 Å². The highest BCUT2D eigenvalue weighted by atomic mass is 32.2. The first-order valence-electron chi connectivity index (χ1n) is 6.97. The number of hydrogen-bond acceptors (Lipinski definition) is 5. The van der Waals surface area contributed by atoms with Gasteiger partial charge in [0.05, 0.1) is 11.5 Å². The Balaban J connectivity index is 2.22. The Morgan fingerprint density at radius 2 is 1.87 bits per heavy atom. The number of nitrogens with zero attached hydrogens (tertiary/aromatic N) is 3. The second-order valence-electron chi connectivity index (χ2n) is 5.32. The van der Waals surface area contributed by atoms with Crippen molar-refractivity contribution < 1.29 is 22.1 Å². The van der Waals surface area contributed by atoms with Crippen LogP contribution in [0.15, 0.2) is 23.1 Å². The van der Waals surface area contributed by atoms with Crippen molar-refractivity contribution in [2.45, 2.75) is 18.2 Å². The van der Waals surface area contributed by atoms with Crippen LogP contribution < -0.4 is 0 Å². The highest BCUT2D eigenvalue weighted by molar-refractivity contribution is 7.89. The molecule has 7 nitrogen and oxygen atoms in total. The second-order valence-corrected chi connectivity index (χ2v) is 7.23. The number of benzene rings is 1. The first-order valence-corrected chi connectivity index (χ1v) is 8.41. The third kappa shape index (κ3) is 4.01. The molecule has 2 rings (SSSR count). The van der Waals surface area contributed by atoms with Gasteiger partial charge in [0.2, 0.25) is 10.0 Å². The van der Waals surface area contributed by atoms with Crippen LogP contribution in [0, 0.1) is 17.0 Å². The fourth-order valence-electron chi connectivity index (χ4n) is 2.47. The summed E-state index contributed by atoms with van der Waals surface area (Å²) in [5, 5.41) is 11.1. The van der Waals surface area contributed by atoms with E-state index >= 15 is 0 Å². The molecule has 1 fully saturated rings. The van der Waals surface area contributed by atoms with Gasteiger partial charge in [0.15, 0.2) is 4.90 Å². The molecule has 1 aliphatic heterocycles. The minimum absolute atomic E-state index is 0.0279. The van der Waals surface area contributed by atoms with Crippen molar-refractivity contribution in [2.75, 3.05) is 32.7 Å². The molecule has 0 saturated carbocycles. The smallest absolute Gasteiger partial charge is 0.289 e. The molecular formula is C13H17F2N3O4S. The Hall–Kier alpha value is -1.65. The number of hydrogen-bond donors (Lipinski definition) is 0. The number of alkyl halides is 2. The SMILES string of the molecule is Cc1ccc(S(=O)(=O)N2CCN(CC(F)F)CC2)c([N+](=O)[O-])c1. The van der Waals surface area contributed by atoms with Gasteiger partial charge in [-0.1, -0.05) is 6.07 Å². The summed E-state index contributed by atoms with van der Waals surface area (Å²) in [4.78, 5) is 11.5. The minimum atomic E-state index is -4.03. The Labute approximate surface area is 132 Å². The van der Waals surface area contributed by atoms with Crippen LogP contribution in [-0.4, -0.2) is 61.7 Å². The summed E-state index contributed by atoms with van der Waals surface area (Å²) in [6.45, 7) is 1.62. The van der Waals surface area contributed by atoms with E-state index in [0.717, 1.165) is 4.31 Å². The van der Waals surface area contributed by atoms with E-state index < -0.39 is 33.6 Å². The molecule has 1 aromatic carbocycles. The summed E-state index contributed by atoms with van der Waals surface area (Å²) >= 11 is 0. The average Bonchev–Trinajstić information content (AvgIpc) is 2.46. The molecule has 0 N–H and O–H groups in total. The molecule has 128 valence electrons. The van der Waals surface area contributed by atoms with Crippen molar-refractivity contribution >= 4 is 15.7 Å². The van der Waals surface area contributed by atoms with Gasteiger partial charge in [0.1, 0.15) is 0 Å². The molecule has 0 amide bonds. The monoisotopic (exact) mass is 349 g/mol.